The number of hydrogen-bond acceptors (Lipinski definition) is 5. The summed E-state index contributed by atoms with van der Waals surface area (Å²) in [6, 6.07) is 9.54. The second-order valence-corrected chi connectivity index (χ2v) is 7.85. The molecule has 0 aliphatic carbocycles. The van der Waals surface area contributed by atoms with Gasteiger partial charge in [-0.3, -0.25) is 9.82 Å². The van der Waals surface area contributed by atoms with Gasteiger partial charge < -0.3 is 9.47 Å². The lowest BCUT2D eigenvalue weighted by atomic mass is 10.2. The van der Waals surface area contributed by atoms with Crippen molar-refractivity contribution in [3.63, 3.8) is 0 Å². The van der Waals surface area contributed by atoms with Gasteiger partial charge in [0.05, 0.1) is 29.7 Å². The van der Waals surface area contributed by atoms with Gasteiger partial charge >= 0.3 is 0 Å². The number of anilines is 1. The number of hydrogen-bond donors (Lipinski definition) is 2. The Morgan fingerprint density at radius 2 is 1.92 bits per heavy atom. The minimum atomic E-state index is -3.75. The van der Waals surface area contributed by atoms with E-state index in [1.807, 2.05) is 6.92 Å². The first-order valence-electron chi connectivity index (χ1n) is 7.42. The molecule has 0 radical (unpaired) electrons. The Morgan fingerprint density at radius 3 is 2.56 bits per heavy atom. The van der Waals surface area contributed by atoms with Gasteiger partial charge in [-0.15, -0.1) is 0 Å². The topological polar surface area (TPSA) is 93.3 Å². The molecule has 0 saturated carbocycles. The van der Waals surface area contributed by atoms with Crippen LogP contribution in [0.2, 0.25) is 0 Å². The van der Waals surface area contributed by atoms with Crippen molar-refractivity contribution in [3.05, 3.63) is 40.1 Å². The lowest BCUT2D eigenvalue weighted by Crippen LogP contribution is -2.13. The number of sulfonamides is 1. The van der Waals surface area contributed by atoms with Gasteiger partial charge in [-0.05, 0) is 65.9 Å². The van der Waals surface area contributed by atoms with Crippen LogP contribution in [-0.4, -0.2) is 32.3 Å². The summed E-state index contributed by atoms with van der Waals surface area (Å²) in [6.07, 6.45) is 0. The highest BCUT2D eigenvalue weighted by Gasteiger charge is 2.19. The number of rotatable bonds is 6. The quantitative estimate of drug-likeness (QED) is 0.536. The Bertz CT molecular complexity index is 1000. The van der Waals surface area contributed by atoms with E-state index in [9.17, 15) is 8.42 Å². The molecule has 0 saturated heterocycles. The van der Waals surface area contributed by atoms with E-state index in [0.717, 1.165) is 9.09 Å². The fourth-order valence-corrected chi connectivity index (χ4v) is 4.09. The first-order chi connectivity index (χ1) is 12.0. The number of methoxy groups -OCH3 is 1. The summed E-state index contributed by atoms with van der Waals surface area (Å²) in [5.41, 5.74) is 0.890. The third-order valence-electron chi connectivity index (χ3n) is 3.54. The third-order valence-corrected chi connectivity index (χ3v) is 5.70. The summed E-state index contributed by atoms with van der Waals surface area (Å²) in [5, 5.41) is 7.82. The van der Waals surface area contributed by atoms with Crippen molar-refractivity contribution in [1.29, 1.82) is 0 Å². The van der Waals surface area contributed by atoms with E-state index >= 15 is 0 Å². The SMILES string of the molecule is CCOc1ccc(NS(=O)(=O)c2ccc(OC)cc2)c2n[nH]c(I)c12. The molecule has 2 aromatic carbocycles. The highest BCUT2D eigenvalue weighted by atomic mass is 127. The van der Waals surface area contributed by atoms with Gasteiger partial charge in [-0.2, -0.15) is 5.10 Å². The van der Waals surface area contributed by atoms with Crippen LogP contribution in [0.4, 0.5) is 5.69 Å². The van der Waals surface area contributed by atoms with E-state index < -0.39 is 10.0 Å². The molecule has 3 aromatic rings. The van der Waals surface area contributed by atoms with Crippen molar-refractivity contribution >= 4 is 49.2 Å². The number of benzene rings is 2. The Kier molecular flexibility index (Phi) is 5.04. The fourth-order valence-electron chi connectivity index (χ4n) is 2.38. The Hall–Kier alpha value is -2.01. The summed E-state index contributed by atoms with van der Waals surface area (Å²) < 4.78 is 39.3. The van der Waals surface area contributed by atoms with Crippen LogP contribution in [0.25, 0.3) is 10.9 Å². The van der Waals surface area contributed by atoms with Gasteiger partial charge in [-0.25, -0.2) is 8.42 Å². The maximum Gasteiger partial charge on any atom is 0.261 e. The molecule has 9 heteroatoms. The van der Waals surface area contributed by atoms with Gasteiger partial charge in [0.25, 0.3) is 10.0 Å². The first-order valence-corrected chi connectivity index (χ1v) is 9.98. The molecule has 1 aromatic heterocycles. The van der Waals surface area contributed by atoms with Crippen LogP contribution in [0, 0.1) is 3.70 Å². The van der Waals surface area contributed by atoms with E-state index in [0.29, 0.717) is 29.3 Å². The van der Waals surface area contributed by atoms with E-state index in [4.69, 9.17) is 9.47 Å². The van der Waals surface area contributed by atoms with Gasteiger partial charge in [-0.1, -0.05) is 0 Å². The van der Waals surface area contributed by atoms with Crippen LogP contribution in [0.1, 0.15) is 6.92 Å². The van der Waals surface area contributed by atoms with Gasteiger partial charge in [0.2, 0.25) is 0 Å². The molecule has 0 amide bonds. The number of H-pyrrole nitrogens is 1. The molecule has 3 rings (SSSR count). The summed E-state index contributed by atoms with van der Waals surface area (Å²) in [5.74, 6) is 1.24. The maximum absolute atomic E-state index is 12.6. The van der Waals surface area contributed by atoms with Gasteiger partial charge in [0.15, 0.2) is 0 Å². The molecule has 7 nitrogen and oxygen atoms in total. The van der Waals surface area contributed by atoms with Crippen LogP contribution in [0.15, 0.2) is 41.3 Å². The van der Waals surface area contributed by atoms with Crippen LogP contribution < -0.4 is 14.2 Å². The predicted octanol–water partition coefficient (Wildman–Crippen LogP) is 3.38. The molecule has 0 atom stereocenters. The number of aromatic nitrogens is 2. The molecule has 132 valence electrons. The summed E-state index contributed by atoms with van der Waals surface area (Å²) in [6.45, 7) is 2.40. The van der Waals surface area contributed by atoms with Crippen molar-refractivity contribution < 1.29 is 17.9 Å². The molecular formula is C16H16IN3O4S. The van der Waals surface area contributed by atoms with Crippen molar-refractivity contribution in [1.82, 2.24) is 10.2 Å². The molecule has 0 spiro atoms. The van der Waals surface area contributed by atoms with Gasteiger partial charge in [0, 0.05) is 0 Å². The second kappa shape index (κ2) is 7.08. The summed E-state index contributed by atoms with van der Waals surface area (Å²) in [4.78, 5) is 0.139. The zero-order valence-electron chi connectivity index (χ0n) is 13.5. The highest BCUT2D eigenvalue weighted by Crippen LogP contribution is 2.34. The predicted molar refractivity (Wildman–Crippen MR) is 104 cm³/mol. The summed E-state index contributed by atoms with van der Waals surface area (Å²) in [7, 11) is -2.22. The minimum Gasteiger partial charge on any atom is -0.497 e. The number of nitrogens with zero attached hydrogens (tertiary/aromatic N) is 1. The van der Waals surface area contributed by atoms with E-state index in [1.54, 1.807) is 24.3 Å². The molecule has 2 N–H and O–H groups in total. The van der Waals surface area contributed by atoms with Crippen molar-refractivity contribution in [2.75, 3.05) is 18.4 Å². The lowest BCUT2D eigenvalue weighted by Gasteiger charge is -2.11. The monoisotopic (exact) mass is 473 g/mol. The van der Waals surface area contributed by atoms with Gasteiger partial charge in [0.1, 0.15) is 20.7 Å². The zero-order chi connectivity index (χ0) is 18.0. The molecule has 25 heavy (non-hydrogen) atoms. The summed E-state index contributed by atoms with van der Waals surface area (Å²) >= 11 is 2.10. The normalized spacial score (nSPS) is 11.5. The minimum absolute atomic E-state index is 0.139. The van der Waals surface area contributed by atoms with E-state index in [2.05, 4.69) is 37.5 Å². The molecule has 0 aliphatic heterocycles. The van der Waals surface area contributed by atoms with Crippen LogP contribution in [0.5, 0.6) is 11.5 Å². The number of fused-ring (bicyclic) bond motifs is 1. The second-order valence-electron chi connectivity index (χ2n) is 5.09. The first kappa shape index (κ1) is 17.8. The van der Waals surface area contributed by atoms with Crippen molar-refractivity contribution in [3.8, 4) is 11.5 Å². The number of halogens is 1. The van der Waals surface area contributed by atoms with Crippen LogP contribution in [-0.2, 0) is 10.0 Å². The number of ether oxygens (including phenoxy) is 2. The highest BCUT2D eigenvalue weighted by molar-refractivity contribution is 14.1. The molecular weight excluding hydrogens is 457 g/mol. The van der Waals surface area contributed by atoms with E-state index in [1.165, 1.54) is 19.2 Å². The standard InChI is InChI=1S/C16H16IN3O4S/c1-3-24-13-9-8-12(15-14(13)16(17)19-18-15)20-25(21,22)11-6-4-10(23-2)5-7-11/h4-9,20H,3H2,1-2H3,(H,18,19). The Morgan fingerprint density at radius 1 is 1.20 bits per heavy atom. The molecule has 1 heterocycles. The Labute approximate surface area is 158 Å². The molecule has 0 aliphatic rings. The maximum atomic E-state index is 12.6. The zero-order valence-corrected chi connectivity index (χ0v) is 16.5. The van der Waals surface area contributed by atoms with E-state index in [-0.39, 0.29) is 4.90 Å². The molecule has 0 bridgehead atoms. The average molecular weight is 473 g/mol. The third kappa shape index (κ3) is 3.52. The fraction of sp³-hybridized carbons (Fsp3) is 0.188. The number of aromatic amines is 1. The molecule has 0 unspecified atom stereocenters. The average Bonchev–Trinajstić information content (AvgIpc) is 3.00. The molecule has 0 fully saturated rings. The Balaban J connectivity index is 2.01. The van der Waals surface area contributed by atoms with Crippen LogP contribution in [0.3, 0.4) is 0 Å². The largest absolute Gasteiger partial charge is 0.497 e. The number of nitrogens with one attached hydrogen (secondary N) is 2. The van der Waals surface area contributed by atoms with Crippen LogP contribution >= 0.6 is 22.6 Å². The van der Waals surface area contributed by atoms with Crippen molar-refractivity contribution in [2.45, 2.75) is 11.8 Å². The smallest absolute Gasteiger partial charge is 0.261 e. The van der Waals surface area contributed by atoms with Crippen molar-refractivity contribution in [2.24, 2.45) is 0 Å². The lowest BCUT2D eigenvalue weighted by molar-refractivity contribution is 0.344.